The first-order valence-corrected chi connectivity index (χ1v) is 3.14. The van der Waals surface area contributed by atoms with E-state index in [9.17, 15) is 0 Å². The molecule has 0 aromatic rings. The van der Waals surface area contributed by atoms with Gasteiger partial charge in [0.15, 0.2) is 0 Å². The fourth-order valence-corrected chi connectivity index (χ4v) is 0.380. The molecule has 0 aliphatic rings. The number of allylic oxidation sites excluding steroid dienone is 1. The summed E-state index contributed by atoms with van der Waals surface area (Å²) in [6.07, 6.45) is 3.27. The predicted octanol–water partition coefficient (Wildman–Crippen LogP) is 1.43. The van der Waals surface area contributed by atoms with E-state index in [0.29, 0.717) is 13.2 Å². The molecular weight excluding hydrogens is 130 g/mol. The predicted molar refractivity (Wildman–Crippen MR) is 40.5 cm³/mol. The second-order valence-corrected chi connectivity index (χ2v) is 2.12. The summed E-state index contributed by atoms with van der Waals surface area (Å²) in [4.78, 5) is 0. The van der Waals surface area contributed by atoms with E-state index < -0.39 is 0 Å². The van der Waals surface area contributed by atoms with Gasteiger partial charge in [-0.1, -0.05) is 16.8 Å². The van der Waals surface area contributed by atoms with Gasteiger partial charge in [-0.15, -0.1) is 0 Å². The van der Waals surface area contributed by atoms with Crippen molar-refractivity contribution in [3.05, 3.63) is 11.6 Å². The zero-order chi connectivity index (χ0) is 7.82. The molecule has 0 heterocycles. The molecule has 0 aromatic carbocycles. The minimum atomic E-state index is 0.361. The molecule has 0 aliphatic heterocycles. The van der Waals surface area contributed by atoms with Crippen molar-refractivity contribution in [1.29, 1.82) is 0 Å². The van der Waals surface area contributed by atoms with Crippen LogP contribution in [0, 0.1) is 0 Å². The lowest BCUT2D eigenvalue weighted by Gasteiger charge is -1.93. The Balaban J connectivity index is 3.13. The molecule has 3 heteroatoms. The summed E-state index contributed by atoms with van der Waals surface area (Å²) in [5.41, 5.74) is 1.22. The van der Waals surface area contributed by atoms with Crippen LogP contribution >= 0.6 is 0 Å². The van der Waals surface area contributed by atoms with E-state index in [1.54, 1.807) is 0 Å². The maximum absolute atomic E-state index is 7.95. The van der Waals surface area contributed by atoms with Gasteiger partial charge < -0.3 is 9.94 Å². The van der Waals surface area contributed by atoms with E-state index in [1.165, 1.54) is 11.8 Å². The molecule has 10 heavy (non-hydrogen) atoms. The summed E-state index contributed by atoms with van der Waals surface area (Å²) in [5, 5.41) is 10.7. The summed E-state index contributed by atoms with van der Waals surface area (Å²) >= 11 is 0. The minimum absolute atomic E-state index is 0.361. The Kier molecular flexibility index (Phi) is 5.77. The third kappa shape index (κ3) is 7.17. The minimum Gasteiger partial charge on any atom is -0.411 e. The number of hydrogen-bond acceptors (Lipinski definition) is 3. The second-order valence-electron chi connectivity index (χ2n) is 2.12. The van der Waals surface area contributed by atoms with Crippen molar-refractivity contribution in [2.24, 2.45) is 5.16 Å². The second kappa shape index (κ2) is 6.29. The lowest BCUT2D eigenvalue weighted by atomic mass is 10.3. The van der Waals surface area contributed by atoms with Gasteiger partial charge in [0.2, 0.25) is 0 Å². The zero-order valence-corrected chi connectivity index (χ0v) is 6.37. The average molecular weight is 143 g/mol. The molecule has 0 saturated heterocycles. The Morgan fingerprint density at radius 1 is 1.50 bits per heavy atom. The molecule has 0 unspecified atom stereocenters. The quantitative estimate of drug-likeness (QED) is 0.213. The van der Waals surface area contributed by atoms with Gasteiger partial charge >= 0.3 is 0 Å². The zero-order valence-electron chi connectivity index (χ0n) is 6.37. The van der Waals surface area contributed by atoms with Crippen LogP contribution in [0.4, 0.5) is 0 Å². The third-order valence-corrected chi connectivity index (χ3v) is 0.883. The number of rotatable bonds is 4. The smallest absolute Gasteiger partial charge is 0.0856 e. The maximum Gasteiger partial charge on any atom is 0.0856 e. The number of nitrogens with zero attached hydrogens (tertiary/aromatic N) is 1. The summed E-state index contributed by atoms with van der Waals surface area (Å²) in [6, 6.07) is 0. The molecule has 0 bridgehead atoms. The Bertz CT molecular complexity index is 126. The Morgan fingerprint density at radius 3 is 2.70 bits per heavy atom. The van der Waals surface area contributed by atoms with Crippen molar-refractivity contribution < 1.29 is 9.94 Å². The highest BCUT2D eigenvalue weighted by atomic mass is 16.5. The first kappa shape index (κ1) is 9.17. The van der Waals surface area contributed by atoms with Crippen molar-refractivity contribution in [1.82, 2.24) is 0 Å². The Labute approximate surface area is 61.0 Å². The fraction of sp³-hybridized carbons (Fsp3) is 0.571. The number of oxime groups is 1. The highest BCUT2D eigenvalue weighted by Crippen LogP contribution is 1.87. The van der Waals surface area contributed by atoms with E-state index >= 15 is 0 Å². The fourth-order valence-electron chi connectivity index (χ4n) is 0.380. The standard InChI is InChI=1S/C7H13NO2/c1-7(2)3-5-10-6-4-8-9/h3-4,9H,5-6H2,1-2H3/b8-4+. The van der Waals surface area contributed by atoms with Gasteiger partial charge in [-0.05, 0) is 13.8 Å². The van der Waals surface area contributed by atoms with Crippen LogP contribution in [0.1, 0.15) is 13.8 Å². The van der Waals surface area contributed by atoms with Gasteiger partial charge in [0.1, 0.15) is 0 Å². The average Bonchev–Trinajstić information content (AvgIpc) is 1.87. The summed E-state index contributed by atoms with van der Waals surface area (Å²) in [6.45, 7) is 4.95. The van der Waals surface area contributed by atoms with E-state index in [2.05, 4.69) is 5.16 Å². The van der Waals surface area contributed by atoms with Crippen molar-refractivity contribution in [2.45, 2.75) is 13.8 Å². The van der Waals surface area contributed by atoms with Crippen molar-refractivity contribution in [3.8, 4) is 0 Å². The van der Waals surface area contributed by atoms with Gasteiger partial charge in [0, 0.05) is 0 Å². The highest BCUT2D eigenvalue weighted by Gasteiger charge is 1.79. The van der Waals surface area contributed by atoms with Crippen LogP contribution in [0.15, 0.2) is 16.8 Å². The highest BCUT2D eigenvalue weighted by molar-refractivity contribution is 5.57. The molecule has 0 aromatic heterocycles. The van der Waals surface area contributed by atoms with Crippen LogP contribution in [0.25, 0.3) is 0 Å². The molecular formula is C7H13NO2. The lowest BCUT2D eigenvalue weighted by Crippen LogP contribution is -1.95. The van der Waals surface area contributed by atoms with Crippen LogP contribution in [0.2, 0.25) is 0 Å². The van der Waals surface area contributed by atoms with Gasteiger partial charge in [-0.2, -0.15) is 0 Å². The molecule has 0 atom stereocenters. The SMILES string of the molecule is CC(C)=CCOC/C=N/O. The molecule has 0 saturated carbocycles. The molecule has 0 spiro atoms. The van der Waals surface area contributed by atoms with Crippen LogP contribution in [-0.2, 0) is 4.74 Å². The summed E-state index contributed by atoms with van der Waals surface area (Å²) < 4.78 is 5.00. The summed E-state index contributed by atoms with van der Waals surface area (Å²) in [5.74, 6) is 0. The van der Waals surface area contributed by atoms with E-state index in [0.717, 1.165) is 0 Å². The Morgan fingerprint density at radius 2 is 2.20 bits per heavy atom. The topological polar surface area (TPSA) is 41.8 Å². The molecule has 3 nitrogen and oxygen atoms in total. The maximum atomic E-state index is 7.95. The van der Waals surface area contributed by atoms with Crippen LogP contribution in [-0.4, -0.2) is 24.6 Å². The molecule has 0 amide bonds. The first-order valence-electron chi connectivity index (χ1n) is 3.14. The normalized spacial score (nSPS) is 10.2. The molecule has 1 N–H and O–H groups in total. The number of hydrogen-bond donors (Lipinski definition) is 1. The van der Waals surface area contributed by atoms with Crippen LogP contribution in [0.5, 0.6) is 0 Å². The van der Waals surface area contributed by atoms with Gasteiger partial charge in [0.05, 0.1) is 19.4 Å². The first-order chi connectivity index (χ1) is 4.77. The van der Waals surface area contributed by atoms with Crippen molar-refractivity contribution in [2.75, 3.05) is 13.2 Å². The van der Waals surface area contributed by atoms with Gasteiger partial charge in [-0.3, -0.25) is 0 Å². The Hall–Kier alpha value is -0.830. The molecule has 0 radical (unpaired) electrons. The summed E-state index contributed by atoms with van der Waals surface area (Å²) in [7, 11) is 0. The molecule has 0 aliphatic carbocycles. The van der Waals surface area contributed by atoms with Crippen molar-refractivity contribution >= 4 is 6.21 Å². The van der Waals surface area contributed by atoms with Gasteiger partial charge in [-0.25, -0.2) is 0 Å². The number of ether oxygens (including phenoxy) is 1. The lowest BCUT2D eigenvalue weighted by molar-refractivity contribution is 0.202. The van der Waals surface area contributed by atoms with E-state index in [4.69, 9.17) is 9.94 Å². The third-order valence-electron chi connectivity index (χ3n) is 0.883. The molecule has 0 fully saturated rings. The van der Waals surface area contributed by atoms with Crippen LogP contribution < -0.4 is 0 Å². The molecule has 58 valence electrons. The van der Waals surface area contributed by atoms with Crippen LogP contribution in [0.3, 0.4) is 0 Å². The molecule has 0 rings (SSSR count). The van der Waals surface area contributed by atoms with E-state index in [-0.39, 0.29) is 0 Å². The largest absolute Gasteiger partial charge is 0.411 e. The monoisotopic (exact) mass is 143 g/mol. The van der Waals surface area contributed by atoms with Crippen molar-refractivity contribution in [3.63, 3.8) is 0 Å². The van der Waals surface area contributed by atoms with Gasteiger partial charge in [0.25, 0.3) is 0 Å². The van der Waals surface area contributed by atoms with E-state index in [1.807, 2.05) is 19.9 Å².